The van der Waals surface area contributed by atoms with Gasteiger partial charge in [-0.3, -0.25) is 0 Å². The molecule has 0 bridgehead atoms. The van der Waals surface area contributed by atoms with Gasteiger partial charge in [0.25, 0.3) is 0 Å². The Bertz CT molecular complexity index is 230. The third-order valence-electron chi connectivity index (χ3n) is 4.38. The van der Waals surface area contributed by atoms with Crippen LogP contribution < -0.4 is 5.32 Å². The van der Waals surface area contributed by atoms with E-state index in [0.717, 1.165) is 32.2 Å². The van der Waals surface area contributed by atoms with Gasteiger partial charge in [-0.1, -0.05) is 13.8 Å². The Morgan fingerprint density at radius 1 is 1.20 bits per heavy atom. The van der Waals surface area contributed by atoms with E-state index in [9.17, 15) is 10.2 Å². The maximum atomic E-state index is 9.60. The molecule has 2 rings (SSSR count). The molecule has 2 aliphatic rings. The minimum atomic E-state index is -0.149. The molecule has 0 aromatic heterocycles. The second kappa shape index (κ2) is 4.04. The van der Waals surface area contributed by atoms with Crippen LogP contribution in [0.2, 0.25) is 0 Å². The van der Waals surface area contributed by atoms with Crippen molar-refractivity contribution in [3.05, 3.63) is 0 Å². The molecule has 3 nitrogen and oxygen atoms in total. The van der Waals surface area contributed by atoms with Crippen LogP contribution in [-0.4, -0.2) is 35.0 Å². The first-order chi connectivity index (χ1) is 7.00. The Balaban J connectivity index is 1.71. The van der Waals surface area contributed by atoms with Crippen molar-refractivity contribution in [3.8, 4) is 0 Å². The molecule has 3 N–H and O–H groups in total. The molecule has 2 aliphatic carbocycles. The van der Waals surface area contributed by atoms with Crippen LogP contribution in [0.3, 0.4) is 0 Å². The van der Waals surface area contributed by atoms with Gasteiger partial charge in [-0.25, -0.2) is 0 Å². The van der Waals surface area contributed by atoms with E-state index in [2.05, 4.69) is 19.2 Å². The quantitative estimate of drug-likeness (QED) is 0.653. The molecule has 3 heteroatoms. The van der Waals surface area contributed by atoms with Crippen molar-refractivity contribution < 1.29 is 10.2 Å². The minimum Gasteiger partial charge on any atom is -0.393 e. The third-order valence-corrected chi connectivity index (χ3v) is 4.38. The maximum absolute atomic E-state index is 9.60. The van der Waals surface area contributed by atoms with Gasteiger partial charge in [0, 0.05) is 11.5 Å². The zero-order chi connectivity index (χ0) is 11.1. The lowest BCUT2D eigenvalue weighted by molar-refractivity contribution is -0.0732. The highest BCUT2D eigenvalue weighted by atomic mass is 16.3. The van der Waals surface area contributed by atoms with E-state index in [1.807, 2.05) is 0 Å². The molecular formula is C12H23NO2. The minimum absolute atomic E-state index is 0.0250. The third kappa shape index (κ3) is 2.19. The fraction of sp³-hybridized carbons (Fsp3) is 1.00. The molecule has 88 valence electrons. The van der Waals surface area contributed by atoms with Gasteiger partial charge in [0.1, 0.15) is 0 Å². The molecule has 0 aliphatic heterocycles. The van der Waals surface area contributed by atoms with Gasteiger partial charge in [0.15, 0.2) is 0 Å². The van der Waals surface area contributed by atoms with Crippen molar-refractivity contribution in [2.45, 2.75) is 57.8 Å². The summed E-state index contributed by atoms with van der Waals surface area (Å²) < 4.78 is 0. The van der Waals surface area contributed by atoms with Crippen LogP contribution in [0.5, 0.6) is 0 Å². The van der Waals surface area contributed by atoms with Crippen LogP contribution in [0.25, 0.3) is 0 Å². The van der Waals surface area contributed by atoms with E-state index in [4.69, 9.17) is 0 Å². The Morgan fingerprint density at radius 3 is 2.40 bits per heavy atom. The number of aliphatic hydroxyl groups excluding tert-OH is 2. The summed E-state index contributed by atoms with van der Waals surface area (Å²) in [6.45, 7) is 5.22. The van der Waals surface area contributed by atoms with E-state index < -0.39 is 0 Å². The van der Waals surface area contributed by atoms with Crippen molar-refractivity contribution in [3.63, 3.8) is 0 Å². The normalized spacial score (nSPS) is 44.0. The van der Waals surface area contributed by atoms with Gasteiger partial charge in [0.05, 0.1) is 12.2 Å². The SMILES string of the molecule is CC1(C)C(O)CC1NCC1CCC(O)C1. The number of nitrogens with one attached hydrogen (secondary N) is 1. The molecule has 4 atom stereocenters. The molecule has 15 heavy (non-hydrogen) atoms. The van der Waals surface area contributed by atoms with Crippen molar-refractivity contribution >= 4 is 0 Å². The first-order valence-electron chi connectivity index (χ1n) is 6.09. The fourth-order valence-electron chi connectivity index (χ4n) is 2.79. The number of hydrogen-bond donors (Lipinski definition) is 3. The summed E-state index contributed by atoms with van der Waals surface area (Å²) in [5.74, 6) is 0.633. The predicted octanol–water partition coefficient (Wildman–Crippen LogP) is 0.896. The van der Waals surface area contributed by atoms with E-state index in [0.29, 0.717) is 12.0 Å². The van der Waals surface area contributed by atoms with Gasteiger partial charge in [-0.05, 0) is 38.1 Å². The van der Waals surface area contributed by atoms with Crippen LogP contribution >= 0.6 is 0 Å². The van der Waals surface area contributed by atoms with Gasteiger partial charge in [0.2, 0.25) is 0 Å². The molecule has 0 amide bonds. The standard InChI is InChI=1S/C12H23NO2/c1-12(2)10(6-11(12)15)13-7-8-3-4-9(14)5-8/h8-11,13-15H,3-7H2,1-2H3. The van der Waals surface area contributed by atoms with Crippen molar-refractivity contribution in [1.29, 1.82) is 0 Å². The highest BCUT2D eigenvalue weighted by Gasteiger charge is 2.47. The van der Waals surface area contributed by atoms with Crippen molar-refractivity contribution in [1.82, 2.24) is 5.32 Å². The fourth-order valence-corrected chi connectivity index (χ4v) is 2.79. The number of rotatable bonds is 3. The average molecular weight is 213 g/mol. The Kier molecular flexibility index (Phi) is 3.06. The second-order valence-electron chi connectivity index (χ2n) is 5.87. The van der Waals surface area contributed by atoms with Crippen molar-refractivity contribution in [2.75, 3.05) is 6.54 Å². The average Bonchev–Trinajstić information content (AvgIpc) is 2.58. The summed E-state index contributed by atoms with van der Waals surface area (Å²) in [5, 5.41) is 22.5. The molecule has 2 saturated carbocycles. The Morgan fingerprint density at radius 2 is 1.93 bits per heavy atom. The monoisotopic (exact) mass is 213 g/mol. The summed E-state index contributed by atoms with van der Waals surface area (Å²) in [7, 11) is 0. The summed E-state index contributed by atoms with van der Waals surface area (Å²) in [6, 6.07) is 0.449. The number of hydrogen-bond acceptors (Lipinski definition) is 3. The molecule has 0 spiro atoms. The van der Waals surface area contributed by atoms with Gasteiger partial charge in [-0.15, -0.1) is 0 Å². The van der Waals surface area contributed by atoms with Crippen LogP contribution in [0.4, 0.5) is 0 Å². The van der Waals surface area contributed by atoms with Crippen molar-refractivity contribution in [2.24, 2.45) is 11.3 Å². The largest absolute Gasteiger partial charge is 0.393 e. The first kappa shape index (κ1) is 11.4. The smallest absolute Gasteiger partial charge is 0.0621 e. The molecule has 0 radical (unpaired) electrons. The highest BCUT2D eigenvalue weighted by Crippen LogP contribution is 2.40. The van der Waals surface area contributed by atoms with E-state index in [-0.39, 0.29) is 17.6 Å². The summed E-state index contributed by atoms with van der Waals surface area (Å²) in [5.41, 5.74) is 0.0250. The van der Waals surface area contributed by atoms with Gasteiger partial charge >= 0.3 is 0 Å². The van der Waals surface area contributed by atoms with Crippen LogP contribution in [0, 0.1) is 11.3 Å². The lowest BCUT2D eigenvalue weighted by Crippen LogP contribution is -2.60. The summed E-state index contributed by atoms with van der Waals surface area (Å²) in [4.78, 5) is 0. The summed E-state index contributed by atoms with van der Waals surface area (Å²) >= 11 is 0. The lowest BCUT2D eigenvalue weighted by Gasteiger charge is -2.50. The predicted molar refractivity (Wildman–Crippen MR) is 59.5 cm³/mol. The van der Waals surface area contributed by atoms with Gasteiger partial charge < -0.3 is 15.5 Å². The molecule has 0 saturated heterocycles. The summed E-state index contributed by atoms with van der Waals surface area (Å²) in [6.07, 6.45) is 3.71. The van der Waals surface area contributed by atoms with E-state index in [1.54, 1.807) is 0 Å². The molecule has 0 aromatic carbocycles. The molecule has 0 heterocycles. The van der Waals surface area contributed by atoms with E-state index >= 15 is 0 Å². The first-order valence-corrected chi connectivity index (χ1v) is 6.09. The second-order valence-corrected chi connectivity index (χ2v) is 5.87. The zero-order valence-electron chi connectivity index (χ0n) is 9.74. The molecule has 0 aromatic rings. The van der Waals surface area contributed by atoms with Crippen LogP contribution in [-0.2, 0) is 0 Å². The molecule has 2 fully saturated rings. The Hall–Kier alpha value is -0.120. The van der Waals surface area contributed by atoms with Crippen LogP contribution in [0.15, 0.2) is 0 Å². The van der Waals surface area contributed by atoms with Gasteiger partial charge in [-0.2, -0.15) is 0 Å². The maximum Gasteiger partial charge on any atom is 0.0621 e. The highest BCUT2D eigenvalue weighted by molar-refractivity contribution is 5.01. The zero-order valence-corrected chi connectivity index (χ0v) is 9.74. The Labute approximate surface area is 91.9 Å². The molecular weight excluding hydrogens is 190 g/mol. The number of aliphatic hydroxyl groups is 2. The van der Waals surface area contributed by atoms with E-state index in [1.165, 1.54) is 0 Å². The van der Waals surface area contributed by atoms with Crippen LogP contribution in [0.1, 0.15) is 39.5 Å². The lowest BCUT2D eigenvalue weighted by atomic mass is 9.64. The molecule has 4 unspecified atom stereocenters. The topological polar surface area (TPSA) is 52.5 Å².